The highest BCUT2D eigenvalue weighted by Gasteiger charge is 2.45. The molecule has 4 N–H and O–H groups in total. The first-order valence-corrected chi connectivity index (χ1v) is 22.6. The number of anilines is 3. The van der Waals surface area contributed by atoms with Crippen LogP contribution in [0.1, 0.15) is 58.9 Å². The van der Waals surface area contributed by atoms with Crippen molar-refractivity contribution in [3.05, 3.63) is 83.8 Å². The lowest BCUT2D eigenvalue weighted by Gasteiger charge is -2.27. The lowest BCUT2D eigenvalue weighted by atomic mass is 10.0. The number of carbonyl (C=O) groups is 5. The molecule has 4 amide bonds. The first-order valence-electron chi connectivity index (χ1n) is 22.6. The molecule has 20 nitrogen and oxygen atoms in total. The van der Waals surface area contributed by atoms with Gasteiger partial charge in [0, 0.05) is 67.1 Å². The quantitative estimate of drug-likeness (QED) is 0.0375. The van der Waals surface area contributed by atoms with Crippen molar-refractivity contribution in [1.82, 2.24) is 34.9 Å². The number of Topliss-reactive ketones (excluding diaryl/α,β-unsaturated/α-hetero) is 1. The topological polar surface area (TPSA) is 239 Å². The van der Waals surface area contributed by atoms with Crippen LogP contribution in [-0.2, 0) is 55.8 Å². The molecule has 1 atom stereocenters. The van der Waals surface area contributed by atoms with E-state index in [2.05, 4.69) is 37.9 Å². The Morgan fingerprint density at radius 2 is 1.46 bits per heavy atom. The number of aryl methyl sites for hydroxylation is 1. The summed E-state index contributed by atoms with van der Waals surface area (Å²) in [6.45, 7) is 7.97. The Kier molecular flexibility index (Phi) is 18.0. The Morgan fingerprint density at radius 3 is 2.13 bits per heavy atom. The van der Waals surface area contributed by atoms with Crippen molar-refractivity contribution in [3.63, 3.8) is 0 Å². The van der Waals surface area contributed by atoms with E-state index in [1.54, 1.807) is 18.2 Å². The molecule has 20 heteroatoms. The largest absolute Gasteiger partial charge is 0.382 e. The van der Waals surface area contributed by atoms with Crippen molar-refractivity contribution in [2.75, 3.05) is 96.5 Å². The normalized spacial score (nSPS) is 14.8. The molecule has 0 saturated carbocycles. The number of aromatic amines is 1. The fourth-order valence-corrected chi connectivity index (χ4v) is 7.51. The van der Waals surface area contributed by atoms with Crippen molar-refractivity contribution < 1.29 is 52.4 Å². The zero-order chi connectivity index (χ0) is 46.8. The van der Waals surface area contributed by atoms with E-state index in [1.165, 1.54) is 0 Å². The number of H-pyrrole nitrogens is 1. The lowest BCUT2D eigenvalue weighted by Crippen LogP contribution is -2.54. The monoisotopic (exact) mass is 923 g/mol. The van der Waals surface area contributed by atoms with E-state index in [0.29, 0.717) is 110 Å². The number of benzene rings is 2. The second kappa shape index (κ2) is 24.9. The van der Waals surface area contributed by atoms with Crippen LogP contribution in [0.2, 0.25) is 0 Å². The molecule has 7 rings (SSSR count). The maximum atomic E-state index is 13.2. The van der Waals surface area contributed by atoms with Crippen molar-refractivity contribution in [1.29, 1.82) is 0 Å². The Labute approximate surface area is 387 Å². The molecular weight excluding hydrogens is 867 g/mol. The van der Waals surface area contributed by atoms with Gasteiger partial charge in [0.1, 0.15) is 17.5 Å². The molecule has 0 bridgehead atoms. The average molecular weight is 924 g/mol. The third kappa shape index (κ3) is 13.6. The summed E-state index contributed by atoms with van der Waals surface area (Å²) in [7, 11) is 0. The number of piperidine rings is 1. The van der Waals surface area contributed by atoms with Crippen LogP contribution >= 0.6 is 0 Å². The number of nitrogens with one attached hydrogen (secondary N) is 4. The zero-order valence-electron chi connectivity index (χ0n) is 37.6. The smallest absolute Gasteiger partial charge is 0.264 e. The van der Waals surface area contributed by atoms with E-state index >= 15 is 0 Å². The Bertz CT molecular complexity index is 2460. The average Bonchev–Trinajstić information content (AvgIpc) is 4.06. The molecule has 1 unspecified atom stereocenters. The predicted molar refractivity (Wildman–Crippen MR) is 245 cm³/mol. The molecule has 3 aromatic heterocycles. The van der Waals surface area contributed by atoms with Gasteiger partial charge in [-0.05, 0) is 48.7 Å². The SMILES string of the molecule is CCCn1cc(-c2nc(Nc3ccc(CC(=O)CCOCCOCCOCCOCCOCCOCCNc4cccc5c4C(=O)N(C4CCC(=O)NC4=O)C5=O)cc3)nc3[nH]ccc23)cn1. The highest BCUT2D eigenvalue weighted by atomic mass is 16.6. The van der Waals surface area contributed by atoms with Crippen LogP contribution in [0.5, 0.6) is 0 Å². The summed E-state index contributed by atoms with van der Waals surface area (Å²) < 4.78 is 35.3. The van der Waals surface area contributed by atoms with Crippen molar-refractivity contribution in [3.8, 4) is 11.3 Å². The van der Waals surface area contributed by atoms with E-state index in [0.717, 1.165) is 51.4 Å². The van der Waals surface area contributed by atoms with Gasteiger partial charge in [0.25, 0.3) is 11.8 Å². The van der Waals surface area contributed by atoms with Gasteiger partial charge in [-0.3, -0.25) is 38.9 Å². The highest BCUT2D eigenvalue weighted by molar-refractivity contribution is 6.25. The van der Waals surface area contributed by atoms with Gasteiger partial charge in [0.2, 0.25) is 17.8 Å². The minimum absolute atomic E-state index is 0.0591. The van der Waals surface area contributed by atoms with Crippen molar-refractivity contribution >= 4 is 57.8 Å². The van der Waals surface area contributed by atoms with Gasteiger partial charge in [-0.1, -0.05) is 25.1 Å². The summed E-state index contributed by atoms with van der Waals surface area (Å²) in [4.78, 5) is 76.2. The molecule has 1 saturated heterocycles. The van der Waals surface area contributed by atoms with Gasteiger partial charge >= 0.3 is 0 Å². The number of amides is 4. The molecule has 2 aliphatic heterocycles. The van der Waals surface area contributed by atoms with E-state index in [9.17, 15) is 24.0 Å². The number of ketones is 1. The standard InChI is InChI=1S/C47H57N9O11/c1-2-16-55-31-33(30-50-55)42-37-12-14-49-43(37)54-47(53-42)51-34-8-6-32(7-9-34)29-35(57)13-17-62-19-21-64-23-25-66-27-28-67-26-24-65-22-20-63-18-15-48-38-5-3-4-36-41(38)46(61)56(45(36)60)39-10-11-40(58)52-44(39)59/h3-9,12,14,30-31,39,48H,2,10-11,13,15-29H2,1H3,(H,52,58,59)(H2,49,51,53,54). The van der Waals surface area contributed by atoms with E-state index in [4.69, 9.17) is 33.4 Å². The first kappa shape index (κ1) is 48.5. The molecule has 0 aliphatic carbocycles. The summed E-state index contributed by atoms with van der Waals surface area (Å²) in [5, 5.41) is 14.0. The molecule has 356 valence electrons. The second-order valence-corrected chi connectivity index (χ2v) is 15.7. The van der Waals surface area contributed by atoms with Gasteiger partial charge in [-0.15, -0.1) is 0 Å². The van der Waals surface area contributed by atoms with Gasteiger partial charge in [0.15, 0.2) is 0 Å². The third-order valence-corrected chi connectivity index (χ3v) is 10.8. The van der Waals surface area contributed by atoms with Gasteiger partial charge in [0.05, 0.1) is 102 Å². The summed E-state index contributed by atoms with van der Waals surface area (Å²) in [6.07, 6.45) is 7.44. The molecule has 67 heavy (non-hydrogen) atoms. The molecule has 2 aliphatic rings. The van der Waals surface area contributed by atoms with E-state index < -0.39 is 29.7 Å². The highest BCUT2D eigenvalue weighted by Crippen LogP contribution is 2.32. The second-order valence-electron chi connectivity index (χ2n) is 15.7. The molecule has 5 aromatic rings. The fraction of sp³-hybridized carbons (Fsp3) is 0.447. The van der Waals surface area contributed by atoms with Gasteiger partial charge in [-0.25, -0.2) is 4.98 Å². The molecule has 2 aromatic carbocycles. The minimum Gasteiger partial charge on any atom is -0.382 e. The molecular formula is C47H57N9O11. The van der Waals surface area contributed by atoms with Crippen LogP contribution in [0.4, 0.5) is 17.3 Å². The number of carbonyl (C=O) groups excluding carboxylic acids is 5. The molecule has 5 heterocycles. The Balaban J connectivity index is 0.644. The van der Waals surface area contributed by atoms with Gasteiger partial charge in [-0.2, -0.15) is 10.1 Å². The predicted octanol–water partition coefficient (Wildman–Crippen LogP) is 4.09. The summed E-state index contributed by atoms with van der Waals surface area (Å²) >= 11 is 0. The Hall–Kier alpha value is -6.42. The number of fused-ring (bicyclic) bond motifs is 2. The summed E-state index contributed by atoms with van der Waals surface area (Å²) in [5.41, 5.74) is 5.05. The van der Waals surface area contributed by atoms with Crippen LogP contribution in [0.3, 0.4) is 0 Å². The number of aromatic nitrogens is 5. The summed E-state index contributed by atoms with van der Waals surface area (Å²) in [6, 6.07) is 13.5. The first-order chi connectivity index (χ1) is 32.8. The maximum absolute atomic E-state index is 13.2. The van der Waals surface area contributed by atoms with Crippen molar-refractivity contribution in [2.24, 2.45) is 0 Å². The third-order valence-electron chi connectivity index (χ3n) is 10.8. The number of ether oxygens (including phenoxy) is 6. The van der Waals surface area contributed by atoms with Crippen LogP contribution in [0, 0.1) is 0 Å². The number of hydrogen-bond acceptors (Lipinski definition) is 16. The van der Waals surface area contributed by atoms with Crippen LogP contribution < -0.4 is 16.0 Å². The molecule has 0 spiro atoms. The van der Waals surface area contributed by atoms with Crippen LogP contribution in [0.15, 0.2) is 67.1 Å². The number of hydrogen-bond donors (Lipinski definition) is 4. The van der Waals surface area contributed by atoms with Crippen LogP contribution in [-0.4, -0.2) is 151 Å². The minimum atomic E-state index is -1.02. The Morgan fingerprint density at radius 1 is 0.791 bits per heavy atom. The lowest BCUT2D eigenvalue weighted by molar-refractivity contribution is -0.136. The zero-order valence-corrected chi connectivity index (χ0v) is 37.6. The maximum Gasteiger partial charge on any atom is 0.264 e. The number of nitrogens with zero attached hydrogens (tertiary/aromatic N) is 5. The van der Waals surface area contributed by atoms with Gasteiger partial charge < -0.3 is 44.0 Å². The van der Waals surface area contributed by atoms with Crippen LogP contribution in [0.25, 0.3) is 22.3 Å². The fourth-order valence-electron chi connectivity index (χ4n) is 7.51. The molecule has 0 radical (unpaired) electrons. The molecule has 1 fully saturated rings. The van der Waals surface area contributed by atoms with Crippen molar-refractivity contribution in [2.45, 2.75) is 51.6 Å². The van der Waals surface area contributed by atoms with E-state index in [-0.39, 0.29) is 29.8 Å². The summed E-state index contributed by atoms with van der Waals surface area (Å²) in [5.74, 6) is -1.64. The number of imide groups is 2. The van der Waals surface area contributed by atoms with E-state index in [1.807, 2.05) is 53.6 Å². The number of rotatable bonds is 30.